The molecule has 1 heterocycles. The predicted molar refractivity (Wildman–Crippen MR) is 62.9 cm³/mol. The Morgan fingerprint density at radius 2 is 2.40 bits per heavy atom. The maximum atomic E-state index is 11.6. The molecule has 88 valence electrons. The van der Waals surface area contributed by atoms with Crippen molar-refractivity contribution >= 4 is 17.7 Å². The van der Waals surface area contributed by atoms with Gasteiger partial charge >= 0.3 is 0 Å². The van der Waals surface area contributed by atoms with Crippen LogP contribution in [-0.2, 0) is 9.53 Å². The molecule has 5 heteroatoms. The monoisotopic (exact) mass is 232 g/mol. The van der Waals surface area contributed by atoms with Gasteiger partial charge in [-0.2, -0.15) is 11.8 Å². The van der Waals surface area contributed by atoms with Crippen LogP contribution in [0.1, 0.15) is 19.8 Å². The van der Waals surface area contributed by atoms with Crippen molar-refractivity contribution in [1.82, 2.24) is 5.32 Å². The molecule has 1 fully saturated rings. The van der Waals surface area contributed by atoms with Crippen LogP contribution >= 0.6 is 11.8 Å². The predicted octanol–water partition coefficient (Wildman–Crippen LogP) is 0.360. The van der Waals surface area contributed by atoms with Crippen LogP contribution in [0.15, 0.2) is 0 Å². The topological polar surface area (TPSA) is 64.4 Å². The smallest absolute Gasteiger partial charge is 0.249 e. The molecule has 0 radical (unpaired) electrons. The van der Waals surface area contributed by atoms with E-state index in [4.69, 9.17) is 10.5 Å². The summed E-state index contributed by atoms with van der Waals surface area (Å²) >= 11 is 1.74. The molecular formula is C10H20N2O2S. The summed E-state index contributed by atoms with van der Waals surface area (Å²) in [6.45, 7) is 3.29. The van der Waals surface area contributed by atoms with Crippen LogP contribution in [0.5, 0.6) is 0 Å². The lowest BCUT2D eigenvalue weighted by atomic mass is 10.2. The number of thioether (sulfide) groups is 1. The Morgan fingerprint density at radius 1 is 1.67 bits per heavy atom. The number of amides is 1. The van der Waals surface area contributed by atoms with Gasteiger partial charge in [0.05, 0.1) is 6.10 Å². The molecule has 1 aliphatic rings. The van der Waals surface area contributed by atoms with Crippen molar-refractivity contribution in [3.63, 3.8) is 0 Å². The third-order valence-corrected chi connectivity index (χ3v) is 3.60. The van der Waals surface area contributed by atoms with Gasteiger partial charge in [0.2, 0.25) is 5.91 Å². The van der Waals surface area contributed by atoms with Crippen LogP contribution < -0.4 is 11.1 Å². The molecule has 0 bridgehead atoms. The Balaban J connectivity index is 2.23. The van der Waals surface area contributed by atoms with Gasteiger partial charge in [0.25, 0.3) is 0 Å². The highest BCUT2D eigenvalue weighted by Crippen LogP contribution is 2.18. The van der Waals surface area contributed by atoms with E-state index < -0.39 is 0 Å². The van der Waals surface area contributed by atoms with Crippen LogP contribution in [0.25, 0.3) is 0 Å². The Labute approximate surface area is 95.3 Å². The number of ether oxygens (including phenoxy) is 1. The van der Waals surface area contributed by atoms with Crippen LogP contribution in [-0.4, -0.2) is 42.7 Å². The van der Waals surface area contributed by atoms with Crippen molar-refractivity contribution in [3.05, 3.63) is 0 Å². The zero-order valence-electron chi connectivity index (χ0n) is 9.36. The van der Waals surface area contributed by atoms with E-state index in [0.717, 1.165) is 12.8 Å². The quantitative estimate of drug-likeness (QED) is 0.718. The lowest BCUT2D eigenvalue weighted by molar-refractivity contribution is -0.131. The van der Waals surface area contributed by atoms with E-state index in [1.165, 1.54) is 0 Å². The molecule has 4 nitrogen and oxygen atoms in total. The Hall–Kier alpha value is -0.260. The molecule has 0 aliphatic carbocycles. The second kappa shape index (κ2) is 6.35. The number of hydrogen-bond donors (Lipinski definition) is 2. The fraction of sp³-hybridized carbons (Fsp3) is 0.900. The van der Waals surface area contributed by atoms with Crippen LogP contribution in [0.4, 0.5) is 0 Å². The molecule has 0 saturated carbocycles. The molecule has 0 aromatic heterocycles. The molecular weight excluding hydrogens is 212 g/mol. The van der Waals surface area contributed by atoms with E-state index in [1.54, 1.807) is 11.8 Å². The molecule has 1 rings (SSSR count). The van der Waals surface area contributed by atoms with Gasteiger partial charge in [0, 0.05) is 18.3 Å². The minimum atomic E-state index is -0.285. The maximum absolute atomic E-state index is 11.6. The van der Waals surface area contributed by atoms with Crippen molar-refractivity contribution in [2.24, 2.45) is 5.73 Å². The minimum Gasteiger partial charge on any atom is -0.364 e. The summed E-state index contributed by atoms with van der Waals surface area (Å²) in [7, 11) is 0. The zero-order valence-corrected chi connectivity index (χ0v) is 10.2. The number of carbonyl (C=O) groups excluding carboxylic acids is 1. The lowest BCUT2D eigenvalue weighted by Crippen LogP contribution is -2.38. The Morgan fingerprint density at radius 3 is 2.93 bits per heavy atom. The fourth-order valence-corrected chi connectivity index (χ4v) is 1.76. The highest BCUT2D eigenvalue weighted by Gasteiger charge is 2.29. The van der Waals surface area contributed by atoms with Crippen LogP contribution in [0.3, 0.4) is 0 Å². The summed E-state index contributed by atoms with van der Waals surface area (Å²) in [6.07, 6.45) is 3.51. The number of nitrogens with two attached hydrogens (primary N) is 1. The molecule has 0 aromatic carbocycles. The zero-order chi connectivity index (χ0) is 11.3. The molecule has 0 spiro atoms. The summed E-state index contributed by atoms with van der Waals surface area (Å²) in [6, 6.07) is 0. The van der Waals surface area contributed by atoms with E-state index in [-0.39, 0.29) is 18.1 Å². The van der Waals surface area contributed by atoms with Crippen molar-refractivity contribution in [2.45, 2.75) is 37.2 Å². The van der Waals surface area contributed by atoms with Gasteiger partial charge in [0.1, 0.15) is 6.10 Å². The van der Waals surface area contributed by atoms with E-state index in [9.17, 15) is 4.79 Å². The summed E-state index contributed by atoms with van der Waals surface area (Å²) in [4.78, 5) is 11.6. The van der Waals surface area contributed by atoms with Crippen molar-refractivity contribution in [3.8, 4) is 0 Å². The van der Waals surface area contributed by atoms with Gasteiger partial charge in [-0.3, -0.25) is 4.79 Å². The van der Waals surface area contributed by atoms with E-state index in [2.05, 4.69) is 12.2 Å². The summed E-state index contributed by atoms with van der Waals surface area (Å²) in [5, 5.41) is 3.34. The first-order chi connectivity index (χ1) is 7.17. The molecule has 3 unspecified atom stereocenters. The Bertz CT molecular complexity index is 214. The summed E-state index contributed by atoms with van der Waals surface area (Å²) in [5.74, 6) is 0.00634. The third kappa shape index (κ3) is 4.01. The highest BCUT2D eigenvalue weighted by atomic mass is 32.2. The van der Waals surface area contributed by atoms with Crippen molar-refractivity contribution < 1.29 is 9.53 Å². The van der Waals surface area contributed by atoms with Gasteiger partial charge < -0.3 is 15.8 Å². The van der Waals surface area contributed by atoms with Crippen molar-refractivity contribution in [1.29, 1.82) is 0 Å². The minimum absolute atomic E-state index is 0.00634. The summed E-state index contributed by atoms with van der Waals surface area (Å²) < 4.78 is 5.49. The molecule has 1 saturated heterocycles. The van der Waals surface area contributed by atoms with Crippen LogP contribution in [0, 0.1) is 0 Å². The van der Waals surface area contributed by atoms with E-state index >= 15 is 0 Å². The first-order valence-electron chi connectivity index (χ1n) is 5.33. The molecule has 0 aromatic rings. The summed E-state index contributed by atoms with van der Waals surface area (Å²) in [5.41, 5.74) is 5.48. The van der Waals surface area contributed by atoms with Gasteiger partial charge in [-0.1, -0.05) is 6.92 Å². The first-order valence-corrected chi connectivity index (χ1v) is 6.62. The van der Waals surface area contributed by atoms with E-state index in [0.29, 0.717) is 18.3 Å². The third-order valence-electron chi connectivity index (χ3n) is 2.63. The average molecular weight is 232 g/mol. The van der Waals surface area contributed by atoms with Gasteiger partial charge in [-0.15, -0.1) is 0 Å². The average Bonchev–Trinajstić information content (AvgIpc) is 2.73. The van der Waals surface area contributed by atoms with Gasteiger partial charge in [0.15, 0.2) is 0 Å². The highest BCUT2D eigenvalue weighted by molar-refractivity contribution is 7.99. The number of nitrogens with one attached hydrogen (secondary N) is 1. The maximum Gasteiger partial charge on any atom is 0.249 e. The second-order valence-corrected chi connectivity index (χ2v) is 5.13. The van der Waals surface area contributed by atoms with Gasteiger partial charge in [-0.05, 0) is 19.1 Å². The fourth-order valence-electron chi connectivity index (χ4n) is 1.51. The van der Waals surface area contributed by atoms with E-state index in [1.807, 2.05) is 6.26 Å². The Kier molecular flexibility index (Phi) is 5.42. The molecule has 3 atom stereocenters. The number of carbonyl (C=O) groups is 1. The molecule has 1 amide bonds. The largest absolute Gasteiger partial charge is 0.364 e. The normalized spacial score (nSPS) is 27.7. The molecule has 3 N–H and O–H groups in total. The first kappa shape index (κ1) is 12.8. The standard InChI is InChI=1S/C10H20N2O2S/c1-7(15-2)6-12-10(13)9-4-3-8(5-11)14-9/h7-9H,3-6,11H2,1-2H3,(H,12,13). The lowest BCUT2D eigenvalue weighted by Gasteiger charge is -2.14. The van der Waals surface area contributed by atoms with Crippen molar-refractivity contribution in [2.75, 3.05) is 19.3 Å². The molecule has 15 heavy (non-hydrogen) atoms. The number of rotatable bonds is 5. The second-order valence-electron chi connectivity index (χ2n) is 3.85. The molecule has 1 aliphatic heterocycles. The van der Waals surface area contributed by atoms with Crippen LogP contribution in [0.2, 0.25) is 0 Å². The SMILES string of the molecule is CSC(C)CNC(=O)C1CCC(CN)O1. The number of hydrogen-bond acceptors (Lipinski definition) is 4. The van der Waals surface area contributed by atoms with Gasteiger partial charge in [-0.25, -0.2) is 0 Å².